The van der Waals surface area contributed by atoms with Crippen molar-refractivity contribution in [3.05, 3.63) is 24.2 Å². The third-order valence-corrected chi connectivity index (χ3v) is 3.92. The molecule has 0 atom stereocenters. The molecule has 0 amide bonds. The number of ether oxygens (including phenoxy) is 2. The molecule has 1 N–H and O–H groups in total. The average Bonchev–Trinajstić information content (AvgIpc) is 3.00. The first kappa shape index (κ1) is 15.7. The minimum absolute atomic E-state index is 0.233. The predicted molar refractivity (Wildman–Crippen MR) is 83.9 cm³/mol. The van der Waals surface area contributed by atoms with Gasteiger partial charge in [-0.1, -0.05) is 0 Å². The number of pyridine rings is 1. The van der Waals surface area contributed by atoms with Crippen LogP contribution >= 0.6 is 0 Å². The van der Waals surface area contributed by atoms with E-state index in [1.54, 1.807) is 26.5 Å². The summed E-state index contributed by atoms with van der Waals surface area (Å²) in [6, 6.07) is 3.71. The lowest BCUT2D eigenvalue weighted by Crippen LogP contribution is -2.37. The zero-order valence-corrected chi connectivity index (χ0v) is 13.3. The van der Waals surface area contributed by atoms with Crippen LogP contribution in [-0.2, 0) is 11.3 Å². The fraction of sp³-hybridized carbons (Fsp3) is 0.533. The zero-order valence-electron chi connectivity index (χ0n) is 13.3. The Kier molecular flexibility index (Phi) is 4.73. The zero-order chi connectivity index (χ0) is 16.2. The van der Waals surface area contributed by atoms with E-state index in [1.807, 2.05) is 10.6 Å². The number of anilines is 1. The molecule has 0 aliphatic carbocycles. The number of aromatic nitrogens is 4. The van der Waals surface area contributed by atoms with Gasteiger partial charge in [-0.15, -0.1) is 10.2 Å². The van der Waals surface area contributed by atoms with Crippen molar-refractivity contribution in [2.75, 3.05) is 32.2 Å². The molecule has 0 saturated carbocycles. The Bertz CT molecular complexity index is 635. The van der Waals surface area contributed by atoms with Gasteiger partial charge in [-0.05, 0) is 18.9 Å². The van der Waals surface area contributed by atoms with E-state index in [1.165, 1.54) is 0 Å². The normalized spacial score (nSPS) is 15.9. The molecular weight excluding hydrogens is 298 g/mol. The number of aliphatic hydroxyl groups is 1. The SMILES string of the molecule is COCc1nnc(N2CCC(O)CC2)n1-c1ccc(OC)nc1. The van der Waals surface area contributed by atoms with Crippen molar-refractivity contribution in [3.8, 4) is 11.6 Å². The van der Waals surface area contributed by atoms with Crippen molar-refractivity contribution in [2.24, 2.45) is 0 Å². The quantitative estimate of drug-likeness (QED) is 0.871. The van der Waals surface area contributed by atoms with Gasteiger partial charge in [-0.2, -0.15) is 0 Å². The summed E-state index contributed by atoms with van der Waals surface area (Å²) >= 11 is 0. The Hall–Kier alpha value is -2.19. The van der Waals surface area contributed by atoms with Crippen molar-refractivity contribution in [3.63, 3.8) is 0 Å². The topological polar surface area (TPSA) is 85.5 Å². The summed E-state index contributed by atoms with van der Waals surface area (Å²) in [5.41, 5.74) is 0.851. The van der Waals surface area contributed by atoms with Crippen LogP contribution in [0.4, 0.5) is 5.95 Å². The maximum Gasteiger partial charge on any atom is 0.232 e. The summed E-state index contributed by atoms with van der Waals surface area (Å²) in [5, 5.41) is 18.3. The lowest BCUT2D eigenvalue weighted by molar-refractivity contribution is 0.145. The van der Waals surface area contributed by atoms with E-state index in [0.29, 0.717) is 18.3 Å². The van der Waals surface area contributed by atoms with Gasteiger partial charge in [-0.3, -0.25) is 4.57 Å². The Morgan fingerprint density at radius 1 is 1.22 bits per heavy atom. The van der Waals surface area contributed by atoms with Crippen LogP contribution in [0, 0.1) is 0 Å². The largest absolute Gasteiger partial charge is 0.481 e. The van der Waals surface area contributed by atoms with Crippen LogP contribution in [0.3, 0.4) is 0 Å². The Morgan fingerprint density at radius 3 is 2.61 bits per heavy atom. The van der Waals surface area contributed by atoms with Gasteiger partial charge in [0.2, 0.25) is 11.8 Å². The highest BCUT2D eigenvalue weighted by Crippen LogP contribution is 2.24. The highest BCUT2D eigenvalue weighted by molar-refractivity contribution is 5.44. The summed E-state index contributed by atoms with van der Waals surface area (Å²) < 4.78 is 12.3. The molecule has 0 bridgehead atoms. The van der Waals surface area contributed by atoms with Crippen molar-refractivity contribution in [1.82, 2.24) is 19.7 Å². The maximum atomic E-state index is 9.69. The predicted octanol–water partition coefficient (Wildman–Crippen LogP) is 0.778. The number of hydrogen-bond acceptors (Lipinski definition) is 7. The minimum Gasteiger partial charge on any atom is -0.481 e. The Labute approximate surface area is 134 Å². The van der Waals surface area contributed by atoms with E-state index in [4.69, 9.17) is 9.47 Å². The van der Waals surface area contributed by atoms with Gasteiger partial charge in [0.1, 0.15) is 6.61 Å². The fourth-order valence-corrected chi connectivity index (χ4v) is 2.69. The smallest absolute Gasteiger partial charge is 0.232 e. The molecule has 2 aromatic heterocycles. The molecule has 1 saturated heterocycles. The molecule has 124 valence electrons. The summed E-state index contributed by atoms with van der Waals surface area (Å²) in [5.74, 6) is 2.01. The number of hydrogen-bond donors (Lipinski definition) is 1. The third kappa shape index (κ3) is 3.27. The van der Waals surface area contributed by atoms with Gasteiger partial charge < -0.3 is 19.5 Å². The second kappa shape index (κ2) is 6.93. The van der Waals surface area contributed by atoms with E-state index in [2.05, 4.69) is 20.1 Å². The van der Waals surface area contributed by atoms with E-state index in [-0.39, 0.29) is 6.10 Å². The number of aliphatic hydroxyl groups excluding tert-OH is 1. The molecule has 0 aromatic carbocycles. The molecule has 2 aromatic rings. The van der Waals surface area contributed by atoms with Crippen LogP contribution in [0.5, 0.6) is 5.88 Å². The van der Waals surface area contributed by atoms with E-state index >= 15 is 0 Å². The first-order valence-corrected chi connectivity index (χ1v) is 7.59. The summed E-state index contributed by atoms with van der Waals surface area (Å²) in [7, 11) is 3.21. The first-order valence-electron chi connectivity index (χ1n) is 7.59. The van der Waals surface area contributed by atoms with E-state index < -0.39 is 0 Å². The molecule has 23 heavy (non-hydrogen) atoms. The van der Waals surface area contributed by atoms with Crippen LogP contribution in [0.2, 0.25) is 0 Å². The second-order valence-corrected chi connectivity index (χ2v) is 5.46. The summed E-state index contributed by atoms with van der Waals surface area (Å²) in [6.07, 6.45) is 2.95. The maximum absolute atomic E-state index is 9.69. The molecule has 1 aliphatic heterocycles. The molecular formula is C15H21N5O3. The lowest BCUT2D eigenvalue weighted by Gasteiger charge is -2.30. The third-order valence-electron chi connectivity index (χ3n) is 3.92. The standard InChI is InChI=1S/C15H21N5O3/c1-22-10-13-17-18-15(19-7-5-12(21)6-8-19)20(13)11-3-4-14(23-2)16-9-11/h3-4,9,12,21H,5-8,10H2,1-2H3. The molecule has 1 fully saturated rings. The van der Waals surface area contributed by atoms with Crippen molar-refractivity contribution >= 4 is 5.95 Å². The van der Waals surface area contributed by atoms with Crippen molar-refractivity contribution in [2.45, 2.75) is 25.6 Å². The number of rotatable bonds is 5. The number of nitrogens with zero attached hydrogens (tertiary/aromatic N) is 5. The highest BCUT2D eigenvalue weighted by atomic mass is 16.5. The van der Waals surface area contributed by atoms with Crippen molar-refractivity contribution < 1.29 is 14.6 Å². The molecule has 0 radical (unpaired) electrons. The lowest BCUT2D eigenvalue weighted by atomic mass is 10.1. The Morgan fingerprint density at radius 2 is 2.00 bits per heavy atom. The molecule has 3 heterocycles. The van der Waals surface area contributed by atoms with Gasteiger partial charge in [0, 0.05) is 26.3 Å². The van der Waals surface area contributed by atoms with Crippen LogP contribution < -0.4 is 9.64 Å². The summed E-state index contributed by atoms with van der Waals surface area (Å²) in [6.45, 7) is 1.85. The van der Waals surface area contributed by atoms with Gasteiger partial charge in [-0.25, -0.2) is 4.98 Å². The molecule has 1 aliphatic rings. The molecule has 8 nitrogen and oxygen atoms in total. The summed E-state index contributed by atoms with van der Waals surface area (Å²) in [4.78, 5) is 6.38. The molecule has 8 heteroatoms. The van der Waals surface area contributed by atoms with Gasteiger partial charge in [0.15, 0.2) is 5.82 Å². The van der Waals surface area contributed by atoms with Crippen LogP contribution in [0.1, 0.15) is 18.7 Å². The van der Waals surface area contributed by atoms with Crippen LogP contribution in [0.25, 0.3) is 5.69 Å². The van der Waals surface area contributed by atoms with Crippen LogP contribution in [-0.4, -0.2) is 58.3 Å². The molecule has 0 spiro atoms. The van der Waals surface area contributed by atoms with Crippen molar-refractivity contribution in [1.29, 1.82) is 0 Å². The van der Waals surface area contributed by atoms with Gasteiger partial charge >= 0.3 is 0 Å². The van der Waals surface area contributed by atoms with E-state index in [0.717, 1.165) is 37.6 Å². The first-order chi connectivity index (χ1) is 11.2. The van der Waals surface area contributed by atoms with Gasteiger partial charge in [0.05, 0.1) is 25.1 Å². The minimum atomic E-state index is -0.233. The second-order valence-electron chi connectivity index (χ2n) is 5.46. The molecule has 3 rings (SSSR count). The average molecular weight is 319 g/mol. The number of piperidine rings is 1. The van der Waals surface area contributed by atoms with Crippen LogP contribution in [0.15, 0.2) is 18.3 Å². The monoisotopic (exact) mass is 319 g/mol. The van der Waals surface area contributed by atoms with E-state index in [9.17, 15) is 5.11 Å². The highest BCUT2D eigenvalue weighted by Gasteiger charge is 2.24. The fourth-order valence-electron chi connectivity index (χ4n) is 2.69. The number of methoxy groups -OCH3 is 2. The Balaban J connectivity index is 1.96. The van der Waals surface area contributed by atoms with Gasteiger partial charge in [0.25, 0.3) is 0 Å². The molecule has 0 unspecified atom stereocenters.